The lowest BCUT2D eigenvalue weighted by molar-refractivity contribution is -0.138. The Morgan fingerprint density at radius 3 is 2.36 bits per heavy atom. The predicted octanol–water partition coefficient (Wildman–Crippen LogP) is 8.24. The van der Waals surface area contributed by atoms with Crippen LogP contribution < -0.4 is 10.2 Å². The smallest absolute Gasteiger partial charge is 0.322 e. The summed E-state index contributed by atoms with van der Waals surface area (Å²) in [4.78, 5) is 28.9. The monoisotopic (exact) mass is 510 g/mol. The standard InChI is InChI=1S/C30H42N2O3S/c1-3-5-6-7-11-21-32(30(35)31-24-13-9-8-10-14-24)25-15-12-16-27(22-25)36-26-19-17-23(18-20-26)28(4-2)29(33)34/h12,15-20,22,24,28H,3-11,13-14,21H2,1-2H3,(H,31,35)(H,33,34). The van der Waals surface area contributed by atoms with Crippen molar-refractivity contribution in [2.75, 3.05) is 11.4 Å². The van der Waals surface area contributed by atoms with Gasteiger partial charge in [-0.15, -0.1) is 0 Å². The highest BCUT2D eigenvalue weighted by Crippen LogP contribution is 2.32. The predicted molar refractivity (Wildman–Crippen MR) is 149 cm³/mol. The van der Waals surface area contributed by atoms with E-state index in [0.29, 0.717) is 6.42 Å². The fraction of sp³-hybridized carbons (Fsp3) is 0.533. The summed E-state index contributed by atoms with van der Waals surface area (Å²) in [6, 6.07) is 16.3. The summed E-state index contributed by atoms with van der Waals surface area (Å²) in [6.07, 6.45) is 12.2. The van der Waals surface area contributed by atoms with Crippen LogP contribution in [0.1, 0.15) is 96.0 Å². The van der Waals surface area contributed by atoms with E-state index in [-0.39, 0.29) is 12.1 Å². The molecule has 6 heteroatoms. The Kier molecular flexibility index (Phi) is 11.7. The Morgan fingerprint density at radius 1 is 0.972 bits per heavy atom. The summed E-state index contributed by atoms with van der Waals surface area (Å²) in [6.45, 7) is 4.83. The van der Waals surface area contributed by atoms with E-state index in [4.69, 9.17) is 0 Å². The molecule has 0 saturated heterocycles. The first kappa shape index (κ1) is 28.1. The molecule has 3 rings (SSSR count). The number of unbranched alkanes of at least 4 members (excludes halogenated alkanes) is 4. The Morgan fingerprint density at radius 2 is 1.69 bits per heavy atom. The van der Waals surface area contributed by atoms with Crippen LogP contribution in [0.25, 0.3) is 0 Å². The number of nitrogens with zero attached hydrogens (tertiary/aromatic N) is 1. The van der Waals surface area contributed by atoms with Gasteiger partial charge in [0.25, 0.3) is 0 Å². The van der Waals surface area contributed by atoms with Crippen molar-refractivity contribution in [3.05, 3.63) is 54.1 Å². The van der Waals surface area contributed by atoms with Crippen molar-refractivity contribution >= 4 is 29.4 Å². The quantitative estimate of drug-likeness (QED) is 0.266. The lowest BCUT2D eigenvalue weighted by atomic mass is 9.96. The molecule has 0 radical (unpaired) electrons. The highest BCUT2D eigenvalue weighted by Gasteiger charge is 2.21. The molecule has 1 aliphatic carbocycles. The first-order chi connectivity index (χ1) is 17.5. The van der Waals surface area contributed by atoms with Gasteiger partial charge in [-0.2, -0.15) is 0 Å². The third-order valence-corrected chi connectivity index (χ3v) is 8.01. The highest BCUT2D eigenvalue weighted by molar-refractivity contribution is 7.99. The van der Waals surface area contributed by atoms with Gasteiger partial charge in [0.1, 0.15) is 0 Å². The van der Waals surface area contributed by atoms with E-state index in [9.17, 15) is 14.7 Å². The highest BCUT2D eigenvalue weighted by atomic mass is 32.2. The lowest BCUT2D eigenvalue weighted by Gasteiger charge is -2.29. The molecule has 2 aromatic rings. The zero-order chi connectivity index (χ0) is 25.8. The number of carboxylic acid groups (broad SMARTS) is 1. The normalized spacial score (nSPS) is 14.8. The molecular weight excluding hydrogens is 468 g/mol. The number of carbonyl (C=O) groups excluding carboxylic acids is 1. The average Bonchev–Trinajstić information content (AvgIpc) is 2.88. The minimum absolute atomic E-state index is 0.0168. The van der Waals surface area contributed by atoms with Crippen molar-refractivity contribution < 1.29 is 14.7 Å². The molecule has 1 fully saturated rings. The molecule has 1 unspecified atom stereocenters. The molecule has 0 aliphatic heterocycles. The van der Waals surface area contributed by atoms with Gasteiger partial charge >= 0.3 is 12.0 Å². The Labute approximate surface area is 221 Å². The van der Waals surface area contributed by atoms with Crippen molar-refractivity contribution in [1.82, 2.24) is 5.32 Å². The maximum absolute atomic E-state index is 13.3. The Balaban J connectivity index is 1.71. The van der Waals surface area contributed by atoms with E-state index >= 15 is 0 Å². The molecule has 2 amide bonds. The zero-order valence-electron chi connectivity index (χ0n) is 21.9. The molecule has 0 heterocycles. The number of carboxylic acids is 1. The van der Waals surface area contributed by atoms with Gasteiger partial charge in [-0.1, -0.05) is 88.8 Å². The summed E-state index contributed by atoms with van der Waals surface area (Å²) in [7, 11) is 0. The Hall–Kier alpha value is -2.47. The Bertz CT molecular complexity index is 957. The van der Waals surface area contributed by atoms with Crippen molar-refractivity contribution in [3.63, 3.8) is 0 Å². The molecular formula is C30H42N2O3S. The van der Waals surface area contributed by atoms with Crippen LogP contribution in [-0.2, 0) is 4.79 Å². The molecule has 196 valence electrons. The van der Waals surface area contributed by atoms with Crippen LogP contribution in [-0.4, -0.2) is 29.7 Å². The van der Waals surface area contributed by atoms with E-state index in [1.165, 1.54) is 38.5 Å². The van der Waals surface area contributed by atoms with Gasteiger partial charge in [-0.25, -0.2) is 4.79 Å². The third-order valence-electron chi connectivity index (χ3n) is 7.02. The summed E-state index contributed by atoms with van der Waals surface area (Å²) in [5.41, 5.74) is 1.76. The summed E-state index contributed by atoms with van der Waals surface area (Å²) in [5, 5.41) is 12.7. The second kappa shape index (κ2) is 14.9. The van der Waals surface area contributed by atoms with Crippen LogP contribution in [0.3, 0.4) is 0 Å². The second-order valence-corrected chi connectivity index (χ2v) is 11.0. The minimum Gasteiger partial charge on any atom is -0.481 e. The molecule has 2 N–H and O–H groups in total. The van der Waals surface area contributed by atoms with E-state index in [2.05, 4.69) is 24.4 Å². The van der Waals surface area contributed by atoms with Crippen LogP contribution >= 0.6 is 11.8 Å². The average molecular weight is 511 g/mol. The number of rotatable bonds is 13. The van der Waals surface area contributed by atoms with Gasteiger partial charge in [0.15, 0.2) is 0 Å². The number of hydrogen-bond donors (Lipinski definition) is 2. The van der Waals surface area contributed by atoms with E-state index in [1.807, 2.05) is 48.2 Å². The topological polar surface area (TPSA) is 69.6 Å². The first-order valence-corrected chi connectivity index (χ1v) is 14.5. The molecule has 1 saturated carbocycles. The van der Waals surface area contributed by atoms with Crippen molar-refractivity contribution in [2.24, 2.45) is 0 Å². The number of hydrogen-bond acceptors (Lipinski definition) is 3. The van der Waals surface area contributed by atoms with Gasteiger partial charge in [0, 0.05) is 28.1 Å². The molecule has 5 nitrogen and oxygen atoms in total. The van der Waals surface area contributed by atoms with Gasteiger partial charge < -0.3 is 10.4 Å². The van der Waals surface area contributed by atoms with Crippen molar-refractivity contribution in [2.45, 2.75) is 106 Å². The first-order valence-electron chi connectivity index (χ1n) is 13.7. The molecule has 1 atom stereocenters. The molecule has 0 aromatic heterocycles. The molecule has 1 aliphatic rings. The summed E-state index contributed by atoms with van der Waals surface area (Å²) in [5.74, 6) is -1.26. The number of anilines is 1. The zero-order valence-corrected chi connectivity index (χ0v) is 22.7. The third kappa shape index (κ3) is 8.58. The fourth-order valence-electron chi connectivity index (χ4n) is 4.89. The maximum atomic E-state index is 13.3. The molecule has 0 bridgehead atoms. The van der Waals surface area contributed by atoms with Crippen LogP contribution in [0.5, 0.6) is 0 Å². The summed E-state index contributed by atoms with van der Waals surface area (Å²) >= 11 is 1.63. The number of amides is 2. The molecule has 2 aromatic carbocycles. The fourth-order valence-corrected chi connectivity index (χ4v) is 5.76. The van der Waals surface area contributed by atoms with Crippen LogP contribution in [0.4, 0.5) is 10.5 Å². The van der Waals surface area contributed by atoms with Crippen molar-refractivity contribution in [1.29, 1.82) is 0 Å². The summed E-state index contributed by atoms with van der Waals surface area (Å²) < 4.78 is 0. The number of urea groups is 1. The van der Waals surface area contributed by atoms with Crippen LogP contribution in [0, 0.1) is 0 Å². The van der Waals surface area contributed by atoms with Gasteiger partial charge in [-0.3, -0.25) is 9.69 Å². The van der Waals surface area contributed by atoms with Crippen molar-refractivity contribution in [3.8, 4) is 0 Å². The van der Waals surface area contributed by atoms with Gasteiger partial charge in [-0.05, 0) is 61.6 Å². The second-order valence-electron chi connectivity index (χ2n) is 9.82. The van der Waals surface area contributed by atoms with Crippen LogP contribution in [0.2, 0.25) is 0 Å². The lowest BCUT2D eigenvalue weighted by Crippen LogP contribution is -2.46. The number of benzene rings is 2. The molecule has 36 heavy (non-hydrogen) atoms. The minimum atomic E-state index is -0.785. The van der Waals surface area contributed by atoms with Gasteiger partial charge in [0.2, 0.25) is 0 Å². The van der Waals surface area contributed by atoms with E-state index in [0.717, 1.165) is 53.3 Å². The SMILES string of the molecule is CCCCCCCN(C(=O)NC1CCCCC1)c1cccc(Sc2ccc(C(CC)C(=O)O)cc2)c1. The number of carbonyl (C=O) groups is 2. The van der Waals surface area contributed by atoms with E-state index < -0.39 is 11.9 Å². The maximum Gasteiger partial charge on any atom is 0.322 e. The van der Waals surface area contributed by atoms with Gasteiger partial charge in [0.05, 0.1) is 5.92 Å². The molecule has 0 spiro atoms. The van der Waals surface area contributed by atoms with Crippen LogP contribution in [0.15, 0.2) is 58.3 Å². The van der Waals surface area contributed by atoms with E-state index in [1.54, 1.807) is 11.8 Å². The number of nitrogens with one attached hydrogen (secondary N) is 1. The number of aliphatic carboxylic acids is 1. The largest absolute Gasteiger partial charge is 0.481 e.